The molecule has 20 heavy (non-hydrogen) atoms. The van der Waals surface area contributed by atoms with Crippen LogP contribution in [0.5, 0.6) is 0 Å². The highest BCUT2D eigenvalue weighted by atomic mass is 16.4. The summed E-state index contributed by atoms with van der Waals surface area (Å²) in [5, 5.41) is 24.7. The topological polar surface area (TPSA) is 104 Å². The molecule has 1 aromatic rings. The molecule has 3 rings (SSSR count). The fourth-order valence-electron chi connectivity index (χ4n) is 3.07. The third-order valence-electron chi connectivity index (χ3n) is 4.12. The van der Waals surface area contributed by atoms with Crippen LogP contribution < -0.4 is 5.32 Å². The Morgan fingerprint density at radius 2 is 2.40 bits per heavy atom. The molecule has 3 N–H and O–H groups in total. The number of aliphatic carboxylic acids is 1. The Balaban J connectivity index is 1.74. The Morgan fingerprint density at radius 1 is 1.50 bits per heavy atom. The van der Waals surface area contributed by atoms with Gasteiger partial charge in [0.1, 0.15) is 6.02 Å². The van der Waals surface area contributed by atoms with Crippen molar-refractivity contribution in [2.45, 2.75) is 44.5 Å². The Hall–Kier alpha value is -1.50. The third kappa shape index (κ3) is 2.98. The molecule has 1 aliphatic carbocycles. The number of carboxylic acid groups (broad SMARTS) is 1. The number of piperidine rings is 1. The van der Waals surface area contributed by atoms with Gasteiger partial charge in [-0.3, -0.25) is 4.79 Å². The van der Waals surface area contributed by atoms with Crippen LogP contribution in [-0.4, -0.2) is 44.2 Å². The van der Waals surface area contributed by atoms with Gasteiger partial charge in [0.05, 0.1) is 1.37 Å². The lowest BCUT2D eigenvalue weighted by Gasteiger charge is -2.41. The zero-order valence-electron chi connectivity index (χ0n) is 16.0. The summed E-state index contributed by atoms with van der Waals surface area (Å²) in [5.41, 5.74) is 0. The predicted octanol–water partition coefficient (Wildman–Crippen LogP) is 0.611. The molecule has 7 nitrogen and oxygen atoms in total. The number of fused-ring (bicyclic) bond motifs is 1. The molecule has 0 aromatic carbocycles. The van der Waals surface area contributed by atoms with Gasteiger partial charge in [0.2, 0.25) is 0 Å². The molecule has 110 valence electrons. The Labute approximate surface area is 124 Å². The summed E-state index contributed by atoms with van der Waals surface area (Å²) in [6, 6.07) is -2.06. The maximum Gasteiger partial charge on any atom is 0.320 e. The number of aromatic amines is 1. The molecule has 0 bridgehead atoms. The van der Waals surface area contributed by atoms with Gasteiger partial charge in [-0.05, 0) is 49.9 Å². The van der Waals surface area contributed by atoms with Crippen LogP contribution in [0.25, 0.3) is 0 Å². The number of carboxylic acids is 1. The summed E-state index contributed by atoms with van der Waals surface area (Å²) in [6.07, 6.45) is 0.0437. The van der Waals surface area contributed by atoms with Crippen LogP contribution in [0, 0.1) is 17.8 Å². The lowest BCUT2D eigenvalue weighted by molar-refractivity contribution is -0.141. The smallest absolute Gasteiger partial charge is 0.320 e. The first-order chi connectivity index (χ1) is 11.5. The van der Waals surface area contributed by atoms with Crippen molar-refractivity contribution in [3.63, 3.8) is 0 Å². The lowest BCUT2D eigenvalue weighted by Crippen LogP contribution is -2.49. The highest BCUT2D eigenvalue weighted by Crippen LogP contribution is 2.40. The molecule has 1 aromatic heterocycles. The molecule has 7 heteroatoms. The summed E-state index contributed by atoms with van der Waals surface area (Å²) in [4.78, 5) is 11.4. The zero-order valence-corrected chi connectivity index (χ0v) is 11.0. The van der Waals surface area contributed by atoms with Crippen molar-refractivity contribution in [1.29, 1.82) is 0 Å². The van der Waals surface area contributed by atoms with E-state index in [1.165, 1.54) is 0 Å². The fraction of sp³-hybridized carbons (Fsp3) is 0.846. The van der Waals surface area contributed by atoms with E-state index >= 15 is 0 Å². The van der Waals surface area contributed by atoms with Gasteiger partial charge in [-0.25, -0.2) is 0 Å². The van der Waals surface area contributed by atoms with E-state index in [9.17, 15) is 9.90 Å². The average Bonchev–Trinajstić information content (AvgIpc) is 3.00. The van der Waals surface area contributed by atoms with Gasteiger partial charge in [0.25, 0.3) is 0 Å². The summed E-state index contributed by atoms with van der Waals surface area (Å²) in [5.74, 6) is -2.13. The van der Waals surface area contributed by atoms with Crippen LogP contribution in [-0.2, 0) is 11.2 Å². The van der Waals surface area contributed by atoms with E-state index in [1.54, 1.807) is 0 Å². The Kier molecular flexibility index (Phi) is 2.56. The molecule has 0 amide bonds. The highest BCUT2D eigenvalue weighted by molar-refractivity contribution is 5.73. The number of tetrazole rings is 1. The second-order valence-corrected chi connectivity index (χ2v) is 5.42. The maximum atomic E-state index is 11.4. The first-order valence-electron chi connectivity index (χ1n) is 9.30. The summed E-state index contributed by atoms with van der Waals surface area (Å²) < 4.78 is 40.6. The molecular weight excluding hydrogens is 258 g/mol. The van der Waals surface area contributed by atoms with Gasteiger partial charge >= 0.3 is 5.97 Å². The van der Waals surface area contributed by atoms with E-state index in [4.69, 9.17) is 6.85 Å². The first-order valence-corrected chi connectivity index (χ1v) is 6.80. The van der Waals surface area contributed by atoms with Gasteiger partial charge < -0.3 is 10.4 Å². The highest BCUT2D eigenvalue weighted by Gasteiger charge is 2.37. The molecule has 1 saturated heterocycles. The predicted molar refractivity (Wildman–Crippen MR) is 70.9 cm³/mol. The number of H-pyrrole nitrogens is 1. The van der Waals surface area contributed by atoms with Gasteiger partial charge in [-0.15, -0.1) is 10.2 Å². The van der Waals surface area contributed by atoms with Crippen molar-refractivity contribution >= 4 is 5.97 Å². The van der Waals surface area contributed by atoms with Gasteiger partial charge in [-0.1, -0.05) is 11.6 Å². The number of hydrogen-bond acceptors (Lipinski definition) is 5. The lowest BCUT2D eigenvalue weighted by atomic mass is 9.69. The Morgan fingerprint density at radius 3 is 3.15 bits per heavy atom. The second kappa shape index (κ2) is 5.87. The van der Waals surface area contributed by atoms with Crippen LogP contribution in [0.3, 0.4) is 0 Å². The quantitative estimate of drug-likeness (QED) is 0.748. The fourth-order valence-corrected chi connectivity index (χ4v) is 3.07. The monoisotopic (exact) mass is 284 g/mol. The summed E-state index contributed by atoms with van der Waals surface area (Å²) in [6.45, 7) is -1.93. The normalized spacial score (nSPS) is 44.2. The van der Waals surface area contributed by atoms with Crippen LogP contribution in [0.1, 0.15) is 44.8 Å². The van der Waals surface area contributed by atoms with Crippen molar-refractivity contribution in [1.82, 2.24) is 25.9 Å². The average molecular weight is 284 g/mol. The van der Waals surface area contributed by atoms with Gasteiger partial charge in [-0.2, -0.15) is 5.21 Å². The van der Waals surface area contributed by atoms with E-state index in [0.29, 0.717) is 19.3 Å². The number of aromatic nitrogens is 4. The third-order valence-corrected chi connectivity index (χ3v) is 4.12. The van der Waals surface area contributed by atoms with Crippen LogP contribution in [0.4, 0.5) is 0 Å². The van der Waals surface area contributed by atoms with E-state index in [2.05, 4.69) is 25.9 Å². The summed E-state index contributed by atoms with van der Waals surface area (Å²) >= 11 is 0. The van der Waals surface area contributed by atoms with Crippen molar-refractivity contribution in [2.75, 3.05) is 6.50 Å². The molecule has 2 fully saturated rings. The molecule has 4 atom stereocenters. The molecule has 2 aliphatic rings. The molecule has 1 aliphatic heterocycles. The first kappa shape index (κ1) is 8.71. The maximum absolute atomic E-state index is 11.4. The van der Waals surface area contributed by atoms with Crippen molar-refractivity contribution in [3.05, 3.63) is 5.82 Å². The van der Waals surface area contributed by atoms with E-state index in [-0.39, 0.29) is 36.4 Å². The zero-order chi connectivity index (χ0) is 18.5. The molecule has 1 saturated carbocycles. The standard InChI is InChI=1S/C13H21N5O2/c19-13(20)11-6-10-5-8(1-3-9(10)7-14-11)2-4-12-15-17-18-16-12/h8-11,14H,1-7H2,(H,19,20)(H,15,16,17,18)/t8-,9+,10-,11+/m1/s1/i4D2,7D2,11D. The summed E-state index contributed by atoms with van der Waals surface area (Å²) in [7, 11) is 0. The molecule has 0 spiro atoms. The number of carbonyl (C=O) groups is 1. The van der Waals surface area contributed by atoms with Crippen molar-refractivity contribution in [2.24, 2.45) is 17.8 Å². The SMILES string of the molecule is [2H]C([2H])(C[C@H]1CC[C@@H]2[C@H](C1)C[C@@]([2H])(C(=O)O)NC2([2H])[2H])c1nn[nH]n1. The molecule has 2 heterocycles. The van der Waals surface area contributed by atoms with Crippen LogP contribution in [0.15, 0.2) is 0 Å². The second-order valence-electron chi connectivity index (χ2n) is 5.42. The van der Waals surface area contributed by atoms with E-state index < -0.39 is 24.9 Å². The van der Waals surface area contributed by atoms with E-state index in [0.717, 1.165) is 0 Å². The van der Waals surface area contributed by atoms with Crippen molar-refractivity contribution < 1.29 is 16.8 Å². The largest absolute Gasteiger partial charge is 0.480 e. The minimum Gasteiger partial charge on any atom is -0.480 e. The Bertz CT molecular complexity index is 643. The van der Waals surface area contributed by atoms with Gasteiger partial charge in [0.15, 0.2) is 5.82 Å². The minimum atomic E-state index is -2.06. The molecule has 0 radical (unpaired) electrons. The van der Waals surface area contributed by atoms with Crippen molar-refractivity contribution in [3.8, 4) is 0 Å². The number of rotatable bonds is 4. The molecular formula is C13H21N5O2. The van der Waals surface area contributed by atoms with Gasteiger partial charge in [0, 0.05) is 11.9 Å². The van der Waals surface area contributed by atoms with Crippen LogP contribution >= 0.6 is 0 Å². The number of nitrogens with zero attached hydrogens (tertiary/aromatic N) is 3. The van der Waals surface area contributed by atoms with E-state index in [1.807, 2.05) is 0 Å². The molecule has 0 unspecified atom stereocenters. The minimum absolute atomic E-state index is 0.00816. The number of aryl methyl sites for hydroxylation is 1. The van der Waals surface area contributed by atoms with Crippen LogP contribution in [0.2, 0.25) is 0 Å². The number of hydrogen-bond donors (Lipinski definition) is 3. The number of nitrogens with one attached hydrogen (secondary N) is 2.